The monoisotopic (exact) mass is 314 g/mol. The van der Waals surface area contributed by atoms with Crippen LogP contribution in [0.5, 0.6) is 0 Å². The maximum Gasteiger partial charge on any atom is 0.321 e. The first-order valence-electron chi connectivity index (χ1n) is 6.69. The van der Waals surface area contributed by atoms with Crippen LogP contribution in [-0.4, -0.2) is 53.1 Å². The van der Waals surface area contributed by atoms with E-state index in [1.165, 1.54) is 11.8 Å². The number of carbonyl (C=O) groups is 2. The lowest BCUT2D eigenvalue weighted by molar-refractivity contribution is -0.117. The van der Waals surface area contributed by atoms with Crippen molar-refractivity contribution in [3.8, 4) is 0 Å². The Labute approximate surface area is 128 Å². The van der Waals surface area contributed by atoms with Crippen molar-refractivity contribution < 1.29 is 9.59 Å². The number of nitrogens with zero attached hydrogens (tertiary/aromatic N) is 4. The van der Waals surface area contributed by atoms with Crippen LogP contribution in [0.25, 0.3) is 0 Å². The lowest BCUT2D eigenvalue weighted by Crippen LogP contribution is -2.40. The Morgan fingerprint density at radius 1 is 1.33 bits per heavy atom. The molecule has 0 aliphatic rings. The van der Waals surface area contributed by atoms with Crippen LogP contribution < -0.4 is 15.5 Å². The summed E-state index contributed by atoms with van der Waals surface area (Å²) in [6.07, 6.45) is 0. The molecule has 0 bridgehead atoms. The largest absolute Gasteiger partial charge is 0.347 e. The van der Waals surface area contributed by atoms with Crippen molar-refractivity contribution >= 4 is 29.6 Å². The summed E-state index contributed by atoms with van der Waals surface area (Å²) in [6, 6.07) is -0.311. The second kappa shape index (κ2) is 7.87. The predicted molar refractivity (Wildman–Crippen MR) is 82.7 cm³/mol. The molecule has 0 aromatic carbocycles. The van der Waals surface area contributed by atoms with E-state index < -0.39 is 6.03 Å². The molecule has 0 radical (unpaired) electrons. The quantitative estimate of drug-likeness (QED) is 0.757. The van der Waals surface area contributed by atoms with Crippen LogP contribution in [0.4, 0.5) is 10.7 Å². The summed E-state index contributed by atoms with van der Waals surface area (Å²) in [6.45, 7) is 6.30. The lowest BCUT2D eigenvalue weighted by Gasteiger charge is -2.17. The molecule has 0 atom stereocenters. The van der Waals surface area contributed by atoms with Crippen LogP contribution in [0.1, 0.15) is 26.8 Å². The molecule has 0 saturated heterocycles. The molecule has 118 valence electrons. The van der Waals surface area contributed by atoms with Gasteiger partial charge in [0, 0.05) is 26.7 Å². The molecule has 1 heterocycles. The van der Waals surface area contributed by atoms with Crippen molar-refractivity contribution in [1.82, 2.24) is 25.4 Å². The van der Waals surface area contributed by atoms with Crippen LogP contribution in [0, 0.1) is 0 Å². The van der Waals surface area contributed by atoms with Crippen molar-refractivity contribution in [2.45, 2.75) is 32.0 Å². The molecule has 0 unspecified atom stereocenters. The van der Waals surface area contributed by atoms with Gasteiger partial charge in [-0.25, -0.2) is 4.79 Å². The average molecular weight is 314 g/mol. The minimum absolute atomic E-state index is 0.107. The van der Waals surface area contributed by atoms with E-state index in [0.717, 1.165) is 5.95 Å². The van der Waals surface area contributed by atoms with Gasteiger partial charge in [-0.15, -0.1) is 10.2 Å². The first kappa shape index (κ1) is 17.3. The van der Waals surface area contributed by atoms with E-state index >= 15 is 0 Å². The number of thioether (sulfide) groups is 1. The highest BCUT2D eigenvalue weighted by atomic mass is 32.2. The Bertz CT molecular complexity index is 500. The van der Waals surface area contributed by atoms with Crippen molar-refractivity contribution in [2.24, 2.45) is 0 Å². The van der Waals surface area contributed by atoms with Gasteiger partial charge in [0.1, 0.15) is 0 Å². The molecule has 3 amide bonds. The maximum atomic E-state index is 11.7. The van der Waals surface area contributed by atoms with Gasteiger partial charge in [0.15, 0.2) is 5.16 Å². The summed E-state index contributed by atoms with van der Waals surface area (Å²) in [5.41, 5.74) is 0. The van der Waals surface area contributed by atoms with E-state index in [4.69, 9.17) is 0 Å². The molecule has 9 heteroatoms. The van der Waals surface area contributed by atoms with Gasteiger partial charge in [0.2, 0.25) is 11.9 Å². The zero-order valence-corrected chi connectivity index (χ0v) is 13.8. The smallest absolute Gasteiger partial charge is 0.321 e. The van der Waals surface area contributed by atoms with Crippen LogP contribution >= 0.6 is 11.8 Å². The number of urea groups is 1. The Morgan fingerprint density at radius 3 is 2.52 bits per heavy atom. The third kappa shape index (κ3) is 4.92. The van der Waals surface area contributed by atoms with Crippen molar-refractivity contribution in [1.29, 1.82) is 0 Å². The number of amides is 3. The zero-order valence-electron chi connectivity index (χ0n) is 13.0. The molecule has 1 aromatic heterocycles. The fraction of sp³-hybridized carbons (Fsp3) is 0.667. The number of rotatable bonds is 6. The van der Waals surface area contributed by atoms with E-state index in [1.54, 1.807) is 6.92 Å². The average Bonchev–Trinajstić information content (AvgIpc) is 2.80. The molecular formula is C12H22N6O2S. The summed E-state index contributed by atoms with van der Waals surface area (Å²) < 4.78 is 1.95. The van der Waals surface area contributed by atoms with Crippen molar-refractivity contribution in [3.63, 3.8) is 0 Å². The molecule has 0 aliphatic heterocycles. The molecule has 1 aromatic rings. The van der Waals surface area contributed by atoms with Crippen molar-refractivity contribution in [2.75, 3.05) is 31.3 Å². The number of carbonyl (C=O) groups excluding carboxylic acids is 2. The Morgan fingerprint density at radius 2 is 2.00 bits per heavy atom. The number of nitrogens with one attached hydrogen (secondary N) is 2. The van der Waals surface area contributed by atoms with E-state index in [1.807, 2.05) is 37.4 Å². The SMILES string of the molecule is CCNC(=O)NC(=O)CSc1nnc(N(C)C)n1C(C)C. The zero-order chi connectivity index (χ0) is 16.0. The van der Waals surface area contributed by atoms with Gasteiger partial charge in [0.25, 0.3) is 0 Å². The Hall–Kier alpha value is -1.77. The second-order valence-corrected chi connectivity index (χ2v) is 5.78. The van der Waals surface area contributed by atoms with Crippen LogP contribution in [-0.2, 0) is 4.79 Å². The van der Waals surface area contributed by atoms with E-state index in [2.05, 4.69) is 20.8 Å². The van der Waals surface area contributed by atoms with Crippen LogP contribution in [0.3, 0.4) is 0 Å². The minimum Gasteiger partial charge on any atom is -0.347 e. The molecule has 0 saturated carbocycles. The summed E-state index contributed by atoms with van der Waals surface area (Å²) in [7, 11) is 3.78. The molecule has 0 aliphatic carbocycles. The lowest BCUT2D eigenvalue weighted by atomic mass is 10.4. The van der Waals surface area contributed by atoms with Gasteiger partial charge in [-0.05, 0) is 20.8 Å². The fourth-order valence-electron chi connectivity index (χ4n) is 1.62. The molecule has 8 nitrogen and oxygen atoms in total. The van der Waals surface area contributed by atoms with Gasteiger partial charge < -0.3 is 10.2 Å². The Kier molecular flexibility index (Phi) is 6.47. The highest BCUT2D eigenvalue weighted by Crippen LogP contribution is 2.24. The minimum atomic E-state index is -0.484. The maximum absolute atomic E-state index is 11.7. The number of hydrogen-bond acceptors (Lipinski definition) is 6. The summed E-state index contributed by atoms with van der Waals surface area (Å²) in [5.74, 6) is 0.474. The molecule has 2 N–H and O–H groups in total. The summed E-state index contributed by atoms with van der Waals surface area (Å²) >= 11 is 1.25. The highest BCUT2D eigenvalue weighted by molar-refractivity contribution is 7.99. The van der Waals surface area contributed by atoms with Crippen LogP contribution in [0.2, 0.25) is 0 Å². The van der Waals surface area contributed by atoms with Gasteiger partial charge >= 0.3 is 6.03 Å². The van der Waals surface area contributed by atoms with Gasteiger partial charge in [-0.2, -0.15) is 0 Å². The second-order valence-electron chi connectivity index (χ2n) is 4.84. The fourth-order valence-corrected chi connectivity index (χ4v) is 2.48. The Balaban J connectivity index is 2.67. The van der Waals surface area contributed by atoms with Gasteiger partial charge in [0.05, 0.1) is 5.75 Å². The first-order chi connectivity index (χ1) is 9.86. The molecule has 0 fully saturated rings. The van der Waals surface area contributed by atoms with E-state index in [9.17, 15) is 9.59 Å². The standard InChI is InChI=1S/C12H22N6O2S/c1-6-13-10(20)14-9(19)7-21-12-16-15-11(17(4)5)18(12)8(2)3/h8H,6-7H2,1-5H3,(H2,13,14,19,20). The summed E-state index contributed by atoms with van der Waals surface area (Å²) in [4.78, 5) is 24.8. The summed E-state index contributed by atoms with van der Waals surface area (Å²) in [5, 5.41) is 13.6. The molecule has 0 spiro atoms. The molecule has 1 rings (SSSR count). The van der Waals surface area contributed by atoms with Gasteiger partial charge in [-0.1, -0.05) is 11.8 Å². The van der Waals surface area contributed by atoms with Crippen molar-refractivity contribution in [3.05, 3.63) is 0 Å². The first-order valence-corrected chi connectivity index (χ1v) is 7.68. The number of hydrogen-bond donors (Lipinski definition) is 2. The van der Waals surface area contributed by atoms with E-state index in [0.29, 0.717) is 11.7 Å². The third-order valence-electron chi connectivity index (χ3n) is 2.49. The highest BCUT2D eigenvalue weighted by Gasteiger charge is 2.18. The topological polar surface area (TPSA) is 92.2 Å². The number of imide groups is 1. The molecule has 21 heavy (non-hydrogen) atoms. The van der Waals surface area contributed by atoms with Crippen LogP contribution in [0.15, 0.2) is 5.16 Å². The van der Waals surface area contributed by atoms with Gasteiger partial charge in [-0.3, -0.25) is 14.7 Å². The predicted octanol–water partition coefficient (Wildman–Crippen LogP) is 0.863. The third-order valence-corrected chi connectivity index (χ3v) is 3.43. The molecular weight excluding hydrogens is 292 g/mol. The van der Waals surface area contributed by atoms with E-state index in [-0.39, 0.29) is 17.7 Å². The normalized spacial score (nSPS) is 10.6. The number of anilines is 1. The number of aromatic nitrogens is 3.